The van der Waals surface area contributed by atoms with Crippen molar-refractivity contribution in [1.29, 1.82) is 0 Å². The number of carbonyl (C=O) groups is 2. The van der Waals surface area contributed by atoms with E-state index in [1.807, 2.05) is 13.0 Å². The van der Waals surface area contributed by atoms with Gasteiger partial charge in [0.2, 0.25) is 5.91 Å². The van der Waals surface area contributed by atoms with E-state index >= 15 is 0 Å². The average molecular weight is 329 g/mol. The van der Waals surface area contributed by atoms with Crippen LogP contribution in [0.15, 0.2) is 48.5 Å². The molecule has 1 amide bonds. The fourth-order valence-electron chi connectivity index (χ4n) is 2.40. The summed E-state index contributed by atoms with van der Waals surface area (Å²) in [6.45, 7) is 1.86. The zero-order chi connectivity index (χ0) is 17.7. The number of nitrogens with zero attached hydrogens (tertiary/aromatic N) is 1. The number of phenolic OH excluding ortho intramolecular Hbond substituents is 1. The summed E-state index contributed by atoms with van der Waals surface area (Å²) in [4.78, 5) is 25.9. The average Bonchev–Trinajstić information content (AvgIpc) is 2.58. The highest BCUT2D eigenvalue weighted by atomic mass is 19.1. The molecule has 0 unspecified atom stereocenters. The summed E-state index contributed by atoms with van der Waals surface area (Å²) in [7, 11) is 1.67. The first-order valence-corrected chi connectivity index (χ1v) is 7.72. The molecule has 0 saturated heterocycles. The lowest BCUT2D eigenvalue weighted by molar-refractivity contribution is -0.131. The standard InChI is InChI=1S/C19H20FNO3/c1-13(15-4-3-5-17(22)12-15)21(2)19(24)11-10-18(23)14-6-8-16(20)9-7-14/h3-9,12-13,22H,10-11H2,1-2H3/t13-/m1/s1. The molecule has 0 aliphatic rings. The maximum atomic E-state index is 12.9. The van der Waals surface area contributed by atoms with E-state index in [-0.39, 0.29) is 36.3 Å². The smallest absolute Gasteiger partial charge is 0.223 e. The molecule has 5 heteroatoms. The Morgan fingerprint density at radius 1 is 1.12 bits per heavy atom. The predicted octanol–water partition coefficient (Wildman–Crippen LogP) is 3.71. The van der Waals surface area contributed by atoms with Crippen LogP contribution in [0.5, 0.6) is 5.75 Å². The van der Waals surface area contributed by atoms with Crippen molar-refractivity contribution < 1.29 is 19.1 Å². The van der Waals surface area contributed by atoms with Crippen LogP contribution in [0.3, 0.4) is 0 Å². The van der Waals surface area contributed by atoms with E-state index < -0.39 is 5.82 Å². The lowest BCUT2D eigenvalue weighted by Gasteiger charge is -2.25. The summed E-state index contributed by atoms with van der Waals surface area (Å²) >= 11 is 0. The summed E-state index contributed by atoms with van der Waals surface area (Å²) in [5.74, 6) is -0.614. The van der Waals surface area contributed by atoms with Crippen LogP contribution < -0.4 is 0 Å². The van der Waals surface area contributed by atoms with Crippen LogP contribution in [0, 0.1) is 5.82 Å². The zero-order valence-electron chi connectivity index (χ0n) is 13.7. The van der Waals surface area contributed by atoms with Gasteiger partial charge in [-0.15, -0.1) is 0 Å². The molecule has 126 valence electrons. The van der Waals surface area contributed by atoms with Crippen LogP contribution in [0.25, 0.3) is 0 Å². The second-order valence-electron chi connectivity index (χ2n) is 5.71. The number of hydrogen-bond donors (Lipinski definition) is 1. The van der Waals surface area contributed by atoms with Crippen LogP contribution >= 0.6 is 0 Å². The Kier molecular flexibility index (Phi) is 5.68. The lowest BCUT2D eigenvalue weighted by atomic mass is 10.0. The predicted molar refractivity (Wildman–Crippen MR) is 89.3 cm³/mol. The Hall–Kier alpha value is -2.69. The number of benzene rings is 2. The topological polar surface area (TPSA) is 57.6 Å². The van der Waals surface area contributed by atoms with Crippen molar-refractivity contribution in [2.45, 2.75) is 25.8 Å². The molecule has 0 aromatic heterocycles. The molecule has 2 aromatic rings. The Balaban J connectivity index is 1.93. The minimum absolute atomic E-state index is 0.0710. The summed E-state index contributed by atoms with van der Waals surface area (Å²) in [5, 5.41) is 9.53. The second-order valence-corrected chi connectivity index (χ2v) is 5.71. The summed E-state index contributed by atoms with van der Waals surface area (Å²) in [5.41, 5.74) is 1.21. The van der Waals surface area contributed by atoms with Crippen LogP contribution in [-0.2, 0) is 4.79 Å². The Labute approximate surface area is 140 Å². The first kappa shape index (κ1) is 17.7. The van der Waals surface area contributed by atoms with Crippen molar-refractivity contribution >= 4 is 11.7 Å². The van der Waals surface area contributed by atoms with Gasteiger partial charge >= 0.3 is 0 Å². The molecule has 1 N–H and O–H groups in total. The van der Waals surface area contributed by atoms with Gasteiger partial charge in [-0.1, -0.05) is 12.1 Å². The third-order valence-corrected chi connectivity index (χ3v) is 4.06. The Morgan fingerprint density at radius 3 is 2.42 bits per heavy atom. The van der Waals surface area contributed by atoms with E-state index in [0.29, 0.717) is 5.56 Å². The normalized spacial score (nSPS) is 11.8. The molecule has 0 aliphatic heterocycles. The Bertz CT molecular complexity index is 728. The van der Waals surface area contributed by atoms with Crippen LogP contribution in [0.1, 0.15) is 41.7 Å². The van der Waals surface area contributed by atoms with Crippen LogP contribution in [-0.4, -0.2) is 28.7 Å². The van der Waals surface area contributed by atoms with Crippen molar-refractivity contribution in [1.82, 2.24) is 4.90 Å². The molecule has 0 bridgehead atoms. The molecule has 0 saturated carbocycles. The van der Waals surface area contributed by atoms with Gasteiger partial charge in [-0.05, 0) is 48.9 Å². The van der Waals surface area contributed by atoms with E-state index in [1.54, 1.807) is 30.1 Å². The van der Waals surface area contributed by atoms with E-state index in [1.165, 1.54) is 24.3 Å². The number of halogens is 1. The van der Waals surface area contributed by atoms with Gasteiger partial charge in [0, 0.05) is 25.5 Å². The van der Waals surface area contributed by atoms with Crippen molar-refractivity contribution in [2.24, 2.45) is 0 Å². The number of amides is 1. The fourth-order valence-corrected chi connectivity index (χ4v) is 2.40. The third kappa shape index (κ3) is 4.41. The molecule has 0 heterocycles. The molecule has 1 atom stereocenters. The minimum atomic E-state index is -0.401. The van der Waals surface area contributed by atoms with E-state index in [0.717, 1.165) is 5.56 Å². The van der Waals surface area contributed by atoms with Crippen molar-refractivity contribution in [3.05, 3.63) is 65.5 Å². The van der Waals surface area contributed by atoms with Gasteiger partial charge in [0.05, 0.1) is 6.04 Å². The van der Waals surface area contributed by atoms with Gasteiger partial charge in [-0.2, -0.15) is 0 Å². The molecule has 0 radical (unpaired) electrons. The first-order valence-electron chi connectivity index (χ1n) is 7.72. The van der Waals surface area contributed by atoms with E-state index in [4.69, 9.17) is 0 Å². The quantitative estimate of drug-likeness (QED) is 0.822. The van der Waals surface area contributed by atoms with Crippen molar-refractivity contribution in [2.75, 3.05) is 7.05 Å². The Morgan fingerprint density at radius 2 is 1.79 bits per heavy atom. The molecule has 2 rings (SSSR count). The highest BCUT2D eigenvalue weighted by Gasteiger charge is 2.19. The van der Waals surface area contributed by atoms with Gasteiger partial charge in [-0.3, -0.25) is 9.59 Å². The number of aromatic hydroxyl groups is 1. The lowest BCUT2D eigenvalue weighted by Crippen LogP contribution is -2.29. The molecular weight excluding hydrogens is 309 g/mol. The minimum Gasteiger partial charge on any atom is -0.508 e. The highest BCUT2D eigenvalue weighted by molar-refractivity contribution is 5.97. The molecular formula is C19H20FNO3. The van der Waals surface area contributed by atoms with Gasteiger partial charge in [0.15, 0.2) is 5.78 Å². The van der Waals surface area contributed by atoms with Crippen LogP contribution in [0.4, 0.5) is 4.39 Å². The van der Waals surface area contributed by atoms with Crippen molar-refractivity contribution in [3.63, 3.8) is 0 Å². The number of carbonyl (C=O) groups excluding carboxylic acids is 2. The summed E-state index contributed by atoms with van der Waals surface area (Å²) < 4.78 is 12.9. The SMILES string of the molecule is C[C@H](c1cccc(O)c1)N(C)C(=O)CCC(=O)c1ccc(F)cc1. The van der Waals surface area contributed by atoms with Crippen LogP contribution in [0.2, 0.25) is 0 Å². The number of hydrogen-bond acceptors (Lipinski definition) is 3. The molecule has 4 nitrogen and oxygen atoms in total. The highest BCUT2D eigenvalue weighted by Crippen LogP contribution is 2.23. The van der Waals surface area contributed by atoms with E-state index in [9.17, 15) is 19.1 Å². The van der Waals surface area contributed by atoms with Crippen molar-refractivity contribution in [3.8, 4) is 5.75 Å². The third-order valence-electron chi connectivity index (χ3n) is 4.06. The van der Waals surface area contributed by atoms with Gasteiger partial charge in [-0.25, -0.2) is 4.39 Å². The molecule has 0 fully saturated rings. The molecule has 24 heavy (non-hydrogen) atoms. The number of Topliss-reactive ketones (excluding diaryl/α,β-unsaturated/α-hetero) is 1. The number of phenols is 1. The first-order chi connectivity index (χ1) is 11.4. The van der Waals surface area contributed by atoms with Gasteiger partial charge in [0.25, 0.3) is 0 Å². The molecule has 0 aliphatic carbocycles. The maximum absolute atomic E-state index is 12.9. The maximum Gasteiger partial charge on any atom is 0.223 e. The van der Waals surface area contributed by atoms with E-state index in [2.05, 4.69) is 0 Å². The van der Waals surface area contributed by atoms with Gasteiger partial charge < -0.3 is 10.0 Å². The molecule has 0 spiro atoms. The zero-order valence-corrected chi connectivity index (χ0v) is 13.7. The number of ketones is 1. The monoisotopic (exact) mass is 329 g/mol. The number of rotatable bonds is 6. The van der Waals surface area contributed by atoms with Gasteiger partial charge in [0.1, 0.15) is 11.6 Å². The second kappa shape index (κ2) is 7.73. The molecule has 2 aromatic carbocycles. The fraction of sp³-hybridized carbons (Fsp3) is 0.263. The largest absolute Gasteiger partial charge is 0.508 e. The summed E-state index contributed by atoms with van der Waals surface area (Å²) in [6, 6.07) is 11.8. The summed E-state index contributed by atoms with van der Waals surface area (Å²) in [6.07, 6.45) is 0.150.